The number of aryl methyl sites for hydroxylation is 1. The number of hydrogen-bond donors (Lipinski definition) is 1. The number of rotatable bonds is 3. The molecule has 2 aromatic heterocycles. The first-order valence-electron chi connectivity index (χ1n) is 11.2. The summed E-state index contributed by atoms with van der Waals surface area (Å²) in [5, 5.41) is 4.26. The molecule has 0 bridgehead atoms. The molecule has 3 aromatic rings. The maximum absolute atomic E-state index is 13.5. The number of hydrogen-bond acceptors (Lipinski definition) is 4. The molecule has 0 unspecified atom stereocenters. The van der Waals surface area contributed by atoms with E-state index >= 15 is 0 Å². The molecule has 2 amide bonds. The van der Waals surface area contributed by atoms with Gasteiger partial charge < -0.3 is 19.5 Å². The predicted octanol–water partition coefficient (Wildman–Crippen LogP) is 5.70. The van der Waals surface area contributed by atoms with Crippen LogP contribution in [0.3, 0.4) is 0 Å². The number of anilines is 1. The molecule has 1 aromatic carbocycles. The Morgan fingerprint density at radius 1 is 1.16 bits per heavy atom. The minimum absolute atomic E-state index is 0.0860. The Labute approximate surface area is 191 Å². The fourth-order valence-corrected chi connectivity index (χ4v) is 6.15. The van der Waals surface area contributed by atoms with Crippen LogP contribution in [0.5, 0.6) is 0 Å². The van der Waals surface area contributed by atoms with Gasteiger partial charge in [0.2, 0.25) is 0 Å². The summed E-state index contributed by atoms with van der Waals surface area (Å²) in [7, 11) is 0. The summed E-state index contributed by atoms with van der Waals surface area (Å²) in [6, 6.07) is 10.8. The van der Waals surface area contributed by atoms with E-state index < -0.39 is 0 Å². The average molecular weight is 450 g/mol. The van der Waals surface area contributed by atoms with Crippen LogP contribution >= 0.6 is 11.3 Å². The van der Waals surface area contributed by atoms with Gasteiger partial charge in [0.25, 0.3) is 0 Å². The van der Waals surface area contributed by atoms with E-state index in [4.69, 9.17) is 4.74 Å². The number of carbonyl (C=O) groups excluding carboxylic acids is 2. The fraction of sp³-hybridized carbons (Fsp3) is 0.360. The summed E-state index contributed by atoms with van der Waals surface area (Å²) in [5.74, 6) is -0.390. The molecular formula is C25H27N3O3S. The summed E-state index contributed by atoms with van der Waals surface area (Å²) in [6.07, 6.45) is 6.77. The molecule has 1 aliphatic carbocycles. The van der Waals surface area contributed by atoms with Crippen LogP contribution in [0.2, 0.25) is 0 Å². The smallest absolute Gasteiger partial charge is 0.338 e. The second-order valence-corrected chi connectivity index (χ2v) is 9.42. The van der Waals surface area contributed by atoms with E-state index in [-0.39, 0.29) is 18.0 Å². The van der Waals surface area contributed by atoms with Crippen molar-refractivity contribution < 1.29 is 14.3 Å². The summed E-state index contributed by atoms with van der Waals surface area (Å²) in [5.41, 5.74) is 4.84. The average Bonchev–Trinajstić information content (AvgIpc) is 3.39. The zero-order chi connectivity index (χ0) is 22.2. The predicted molar refractivity (Wildman–Crippen MR) is 126 cm³/mol. The number of nitrogens with one attached hydrogen (secondary N) is 1. The van der Waals surface area contributed by atoms with Gasteiger partial charge in [0.1, 0.15) is 5.00 Å². The zero-order valence-corrected chi connectivity index (χ0v) is 19.2. The summed E-state index contributed by atoms with van der Waals surface area (Å²) < 4.78 is 7.35. The number of urea groups is 1. The van der Waals surface area contributed by atoms with Crippen LogP contribution in [-0.4, -0.2) is 28.1 Å². The molecule has 7 heteroatoms. The van der Waals surface area contributed by atoms with Crippen LogP contribution in [0.4, 0.5) is 10.5 Å². The van der Waals surface area contributed by atoms with E-state index in [1.165, 1.54) is 33.8 Å². The quantitative estimate of drug-likeness (QED) is 0.522. The number of esters is 1. The first kappa shape index (κ1) is 20.8. The number of thiophene rings is 1. The number of carbonyl (C=O) groups is 2. The largest absolute Gasteiger partial charge is 0.462 e. The van der Waals surface area contributed by atoms with Gasteiger partial charge in [-0.1, -0.05) is 6.07 Å². The number of fused-ring (bicyclic) bond motifs is 5. The molecule has 0 radical (unpaired) electrons. The molecule has 0 saturated heterocycles. The van der Waals surface area contributed by atoms with E-state index in [1.54, 1.807) is 31.2 Å². The maximum atomic E-state index is 13.5. The third-order valence-electron chi connectivity index (χ3n) is 6.37. The van der Waals surface area contributed by atoms with Crippen molar-refractivity contribution in [2.75, 3.05) is 11.9 Å². The van der Waals surface area contributed by atoms with Crippen molar-refractivity contribution in [3.63, 3.8) is 0 Å². The van der Waals surface area contributed by atoms with Gasteiger partial charge in [-0.25, -0.2) is 9.59 Å². The van der Waals surface area contributed by atoms with Crippen molar-refractivity contribution in [3.8, 4) is 5.00 Å². The highest BCUT2D eigenvalue weighted by Gasteiger charge is 2.33. The Bertz CT molecular complexity index is 1180. The molecule has 0 fully saturated rings. The SMILES string of the molecule is CCOC(=O)c1cccc(NC(=O)N2Cc3c(sc4c3CCCC4)-n3cccc3[C@H]2C)c1. The molecule has 6 nitrogen and oxygen atoms in total. The zero-order valence-electron chi connectivity index (χ0n) is 18.4. The van der Waals surface area contributed by atoms with Gasteiger partial charge in [0.15, 0.2) is 0 Å². The van der Waals surface area contributed by atoms with Gasteiger partial charge >= 0.3 is 12.0 Å². The second-order valence-electron chi connectivity index (χ2n) is 8.33. The standard InChI is InChI=1S/C25H27N3O3S/c1-3-31-24(29)17-8-6-9-18(14-17)26-25(30)28-15-20-19-10-4-5-12-22(19)32-23(20)27-13-7-11-21(27)16(28)2/h6-9,11,13-14,16H,3-5,10,12,15H2,1-2H3,(H,26,30)/t16-/m1/s1. The molecule has 0 spiro atoms. The van der Waals surface area contributed by atoms with Crippen LogP contribution in [0.1, 0.15) is 64.8 Å². The Hall–Kier alpha value is -3.06. The van der Waals surface area contributed by atoms with Gasteiger partial charge in [0.05, 0.1) is 24.8 Å². The molecule has 1 atom stereocenters. The minimum Gasteiger partial charge on any atom is -0.462 e. The van der Waals surface area contributed by atoms with Crippen LogP contribution in [-0.2, 0) is 24.1 Å². The van der Waals surface area contributed by atoms with Gasteiger partial charge in [-0.2, -0.15) is 0 Å². The van der Waals surface area contributed by atoms with Gasteiger partial charge in [-0.05, 0) is 75.4 Å². The summed E-state index contributed by atoms with van der Waals surface area (Å²) in [6.45, 7) is 4.74. The minimum atomic E-state index is -0.390. The lowest BCUT2D eigenvalue weighted by atomic mass is 9.95. The first-order valence-corrected chi connectivity index (χ1v) is 12.0. The lowest BCUT2D eigenvalue weighted by Gasteiger charge is -2.28. The van der Waals surface area contributed by atoms with Crippen LogP contribution in [0.25, 0.3) is 5.00 Å². The highest BCUT2D eigenvalue weighted by atomic mass is 32.1. The molecule has 2 aliphatic rings. The van der Waals surface area contributed by atoms with Gasteiger partial charge in [-0.3, -0.25) is 0 Å². The van der Waals surface area contributed by atoms with Crippen LogP contribution in [0, 0.1) is 0 Å². The van der Waals surface area contributed by atoms with Crippen LogP contribution < -0.4 is 5.32 Å². The molecule has 166 valence electrons. The van der Waals surface area contributed by atoms with Crippen molar-refractivity contribution >= 4 is 29.0 Å². The number of amides is 2. The number of nitrogens with zero attached hydrogens (tertiary/aromatic N) is 2. The Kier molecular flexibility index (Phi) is 5.51. The molecule has 1 aliphatic heterocycles. The molecule has 3 heterocycles. The third-order valence-corrected chi connectivity index (χ3v) is 7.70. The maximum Gasteiger partial charge on any atom is 0.338 e. The lowest BCUT2D eigenvalue weighted by Crippen LogP contribution is -2.36. The fourth-order valence-electron chi connectivity index (χ4n) is 4.74. The van der Waals surface area contributed by atoms with E-state index in [9.17, 15) is 9.59 Å². The number of benzene rings is 1. The van der Waals surface area contributed by atoms with E-state index in [1.807, 2.05) is 16.2 Å². The number of ether oxygens (including phenoxy) is 1. The topological polar surface area (TPSA) is 63.6 Å². The molecule has 5 rings (SSSR count). The second kappa shape index (κ2) is 8.47. The third kappa shape index (κ3) is 3.60. The molecule has 0 saturated carbocycles. The molecular weight excluding hydrogens is 422 g/mol. The Morgan fingerprint density at radius 2 is 2.00 bits per heavy atom. The molecule has 1 N–H and O–H groups in total. The van der Waals surface area contributed by atoms with E-state index in [0.29, 0.717) is 24.4 Å². The highest BCUT2D eigenvalue weighted by Crippen LogP contribution is 2.42. The first-order chi connectivity index (χ1) is 15.6. The van der Waals surface area contributed by atoms with Crippen molar-refractivity contribution in [2.45, 2.75) is 52.1 Å². The van der Waals surface area contributed by atoms with Gasteiger partial charge in [-0.15, -0.1) is 11.3 Å². The lowest BCUT2D eigenvalue weighted by molar-refractivity contribution is 0.0526. The Morgan fingerprint density at radius 3 is 2.84 bits per heavy atom. The van der Waals surface area contributed by atoms with Gasteiger partial charge in [0, 0.05) is 28.0 Å². The van der Waals surface area contributed by atoms with Crippen molar-refractivity contribution in [1.29, 1.82) is 0 Å². The van der Waals surface area contributed by atoms with E-state index in [0.717, 1.165) is 18.5 Å². The summed E-state index contributed by atoms with van der Waals surface area (Å²) >= 11 is 1.88. The number of aromatic nitrogens is 1. The molecule has 32 heavy (non-hydrogen) atoms. The Balaban J connectivity index is 1.46. The van der Waals surface area contributed by atoms with Crippen molar-refractivity contribution in [1.82, 2.24) is 9.47 Å². The van der Waals surface area contributed by atoms with E-state index in [2.05, 4.69) is 35.1 Å². The van der Waals surface area contributed by atoms with Crippen molar-refractivity contribution in [3.05, 3.63) is 69.9 Å². The normalized spacial score (nSPS) is 17.1. The van der Waals surface area contributed by atoms with Crippen LogP contribution in [0.15, 0.2) is 42.6 Å². The monoisotopic (exact) mass is 449 g/mol. The highest BCUT2D eigenvalue weighted by molar-refractivity contribution is 7.15. The van der Waals surface area contributed by atoms with Crippen molar-refractivity contribution in [2.24, 2.45) is 0 Å². The summed E-state index contributed by atoms with van der Waals surface area (Å²) in [4.78, 5) is 28.9.